The van der Waals surface area contributed by atoms with Crippen LogP contribution in [0, 0.1) is 15.5 Å². The maximum Gasteiger partial charge on any atom is 0.310 e. The fourth-order valence-corrected chi connectivity index (χ4v) is 4.00. The van der Waals surface area contributed by atoms with Crippen LogP contribution in [-0.4, -0.2) is 48.9 Å². The van der Waals surface area contributed by atoms with Crippen molar-refractivity contribution in [2.24, 2.45) is 5.41 Å². The Morgan fingerprint density at radius 3 is 2.61 bits per heavy atom. The molecule has 1 aliphatic heterocycles. The fraction of sp³-hybridized carbons (Fsp3) is 0.462. The lowest BCUT2D eigenvalue weighted by Gasteiger charge is -2.20. The van der Waals surface area contributed by atoms with Crippen LogP contribution in [-0.2, 0) is 14.8 Å². The van der Waals surface area contributed by atoms with Crippen molar-refractivity contribution in [3.05, 3.63) is 28.3 Å². The Bertz CT molecular complexity index is 762. The van der Waals surface area contributed by atoms with Gasteiger partial charge in [-0.1, -0.05) is 0 Å². The highest BCUT2D eigenvalue weighted by atomic mass is 32.2. The first kappa shape index (κ1) is 17.2. The number of carboxylic acid groups (broad SMARTS) is 1. The topological polar surface area (TPSA) is 127 Å². The number of rotatable bonds is 5. The molecule has 126 valence electrons. The van der Waals surface area contributed by atoms with Gasteiger partial charge in [0, 0.05) is 25.2 Å². The largest absolute Gasteiger partial charge is 0.490 e. The third-order valence-corrected chi connectivity index (χ3v) is 5.78. The number of nitrogens with zero attached hydrogens (tertiary/aromatic N) is 2. The third-order valence-electron chi connectivity index (χ3n) is 3.94. The van der Waals surface area contributed by atoms with E-state index in [2.05, 4.69) is 0 Å². The van der Waals surface area contributed by atoms with Crippen LogP contribution in [0.2, 0.25) is 0 Å². The van der Waals surface area contributed by atoms with Crippen LogP contribution in [0.25, 0.3) is 0 Å². The van der Waals surface area contributed by atoms with E-state index in [4.69, 9.17) is 4.74 Å². The predicted octanol–water partition coefficient (Wildman–Crippen LogP) is 1.09. The second-order valence-electron chi connectivity index (χ2n) is 5.55. The van der Waals surface area contributed by atoms with E-state index in [1.807, 2.05) is 0 Å². The Morgan fingerprint density at radius 2 is 2.13 bits per heavy atom. The number of hydrogen-bond acceptors (Lipinski definition) is 6. The van der Waals surface area contributed by atoms with Crippen LogP contribution in [0.3, 0.4) is 0 Å². The molecule has 23 heavy (non-hydrogen) atoms. The Hall–Kier alpha value is -2.20. The first-order valence-corrected chi connectivity index (χ1v) is 8.12. The van der Waals surface area contributed by atoms with Gasteiger partial charge in [0.05, 0.1) is 22.3 Å². The van der Waals surface area contributed by atoms with E-state index in [1.54, 1.807) is 0 Å². The number of carboxylic acids is 1. The Kier molecular flexibility index (Phi) is 4.31. The Morgan fingerprint density at radius 1 is 1.48 bits per heavy atom. The van der Waals surface area contributed by atoms with Gasteiger partial charge in [-0.2, -0.15) is 4.31 Å². The molecule has 0 spiro atoms. The smallest absolute Gasteiger partial charge is 0.310 e. The molecule has 1 N–H and O–H groups in total. The Balaban J connectivity index is 2.38. The molecule has 1 aliphatic rings. The normalized spacial score (nSPS) is 22.0. The van der Waals surface area contributed by atoms with Gasteiger partial charge in [0.2, 0.25) is 10.0 Å². The molecule has 1 fully saturated rings. The molecule has 0 aliphatic carbocycles. The lowest BCUT2D eigenvalue weighted by Crippen LogP contribution is -2.34. The van der Waals surface area contributed by atoms with Crippen molar-refractivity contribution >= 4 is 21.7 Å². The third kappa shape index (κ3) is 2.99. The monoisotopic (exact) mass is 344 g/mol. The zero-order valence-electron chi connectivity index (χ0n) is 12.6. The molecule has 1 saturated heterocycles. The lowest BCUT2D eigenvalue weighted by atomic mass is 9.90. The van der Waals surface area contributed by atoms with Crippen molar-refractivity contribution in [2.75, 3.05) is 20.2 Å². The second kappa shape index (κ2) is 5.78. The molecule has 0 bridgehead atoms. The molecule has 1 atom stereocenters. The molecule has 1 heterocycles. The van der Waals surface area contributed by atoms with Gasteiger partial charge in [0.15, 0.2) is 5.75 Å². The van der Waals surface area contributed by atoms with Crippen molar-refractivity contribution in [3.63, 3.8) is 0 Å². The number of aliphatic carboxylic acids is 1. The Labute approximate surface area is 132 Å². The lowest BCUT2D eigenvalue weighted by molar-refractivity contribution is -0.385. The summed E-state index contributed by atoms with van der Waals surface area (Å²) in [7, 11) is -2.75. The van der Waals surface area contributed by atoms with Crippen LogP contribution in [0.15, 0.2) is 23.1 Å². The summed E-state index contributed by atoms with van der Waals surface area (Å²) in [6.07, 6.45) is 0.200. The number of ether oxygens (including phenoxy) is 1. The summed E-state index contributed by atoms with van der Waals surface area (Å²) in [5, 5.41) is 20.0. The van der Waals surface area contributed by atoms with Gasteiger partial charge in [-0.25, -0.2) is 8.42 Å². The van der Waals surface area contributed by atoms with Gasteiger partial charge in [0.1, 0.15) is 0 Å². The molecule has 9 nitrogen and oxygen atoms in total. The number of methoxy groups -OCH3 is 1. The van der Waals surface area contributed by atoms with Gasteiger partial charge in [-0.3, -0.25) is 14.9 Å². The number of nitro benzene ring substituents is 1. The standard InChI is InChI=1S/C13H16N2O7S/c1-13(12(16)17)5-6-14(8-13)23(20,21)9-3-4-10(15(18)19)11(7-9)22-2/h3-4,7H,5-6,8H2,1-2H3,(H,16,17). The molecule has 1 aromatic carbocycles. The zero-order valence-corrected chi connectivity index (χ0v) is 13.4. The van der Waals surface area contributed by atoms with Crippen molar-refractivity contribution in [1.82, 2.24) is 4.31 Å². The average Bonchev–Trinajstić information content (AvgIpc) is 2.91. The minimum atomic E-state index is -3.95. The quantitative estimate of drug-likeness (QED) is 0.625. The van der Waals surface area contributed by atoms with Crippen molar-refractivity contribution < 1.29 is 28.0 Å². The SMILES string of the molecule is COc1cc(S(=O)(=O)N2CCC(C)(C(=O)O)C2)ccc1[N+](=O)[O-]. The maximum absolute atomic E-state index is 12.6. The highest BCUT2D eigenvalue weighted by Gasteiger charge is 2.45. The molecular formula is C13H16N2O7S. The molecule has 0 aromatic heterocycles. The van der Waals surface area contributed by atoms with Gasteiger partial charge < -0.3 is 9.84 Å². The van der Waals surface area contributed by atoms with Crippen LogP contribution >= 0.6 is 0 Å². The van der Waals surface area contributed by atoms with E-state index in [9.17, 15) is 28.4 Å². The summed E-state index contributed by atoms with van der Waals surface area (Å²) >= 11 is 0. The first-order valence-electron chi connectivity index (χ1n) is 6.68. The van der Waals surface area contributed by atoms with Gasteiger partial charge in [0.25, 0.3) is 0 Å². The zero-order chi connectivity index (χ0) is 17.4. The number of sulfonamides is 1. The number of carbonyl (C=O) groups is 1. The summed E-state index contributed by atoms with van der Waals surface area (Å²) < 4.78 is 31.1. The van der Waals surface area contributed by atoms with E-state index < -0.39 is 26.3 Å². The van der Waals surface area contributed by atoms with E-state index >= 15 is 0 Å². The number of benzene rings is 1. The van der Waals surface area contributed by atoms with Crippen molar-refractivity contribution in [1.29, 1.82) is 0 Å². The van der Waals surface area contributed by atoms with Gasteiger partial charge in [-0.15, -0.1) is 0 Å². The molecule has 1 unspecified atom stereocenters. The fourth-order valence-electron chi connectivity index (χ4n) is 2.42. The molecule has 1 aromatic rings. The first-order chi connectivity index (χ1) is 10.6. The summed E-state index contributed by atoms with van der Waals surface area (Å²) in [6.45, 7) is 1.41. The van der Waals surface area contributed by atoms with Crippen LogP contribution in [0.4, 0.5) is 5.69 Å². The van der Waals surface area contributed by atoms with Crippen LogP contribution < -0.4 is 4.74 Å². The summed E-state index contributed by atoms with van der Waals surface area (Å²) in [5.41, 5.74) is -1.49. The summed E-state index contributed by atoms with van der Waals surface area (Å²) in [6, 6.07) is 3.24. The second-order valence-corrected chi connectivity index (χ2v) is 7.48. The number of nitro groups is 1. The van der Waals surface area contributed by atoms with Crippen molar-refractivity contribution in [3.8, 4) is 5.75 Å². The molecule has 0 saturated carbocycles. The van der Waals surface area contributed by atoms with E-state index in [0.29, 0.717) is 0 Å². The minimum Gasteiger partial charge on any atom is -0.490 e. The summed E-state index contributed by atoms with van der Waals surface area (Å²) in [4.78, 5) is 21.2. The van der Waals surface area contributed by atoms with Crippen LogP contribution in [0.1, 0.15) is 13.3 Å². The van der Waals surface area contributed by atoms with Gasteiger partial charge in [-0.05, 0) is 19.4 Å². The number of hydrogen-bond donors (Lipinski definition) is 1. The molecule has 2 rings (SSSR count). The highest BCUT2D eigenvalue weighted by molar-refractivity contribution is 7.89. The van der Waals surface area contributed by atoms with E-state index in [-0.39, 0.29) is 35.8 Å². The maximum atomic E-state index is 12.6. The molecule has 0 radical (unpaired) electrons. The highest BCUT2D eigenvalue weighted by Crippen LogP contribution is 2.36. The van der Waals surface area contributed by atoms with E-state index in [0.717, 1.165) is 22.5 Å². The van der Waals surface area contributed by atoms with E-state index in [1.165, 1.54) is 14.0 Å². The van der Waals surface area contributed by atoms with Crippen molar-refractivity contribution in [2.45, 2.75) is 18.2 Å². The average molecular weight is 344 g/mol. The van der Waals surface area contributed by atoms with Crippen LogP contribution in [0.5, 0.6) is 5.75 Å². The van der Waals surface area contributed by atoms with Gasteiger partial charge >= 0.3 is 11.7 Å². The predicted molar refractivity (Wildman–Crippen MR) is 78.8 cm³/mol. The molecule has 10 heteroatoms. The minimum absolute atomic E-state index is 0.0738. The molecule has 0 amide bonds. The molecular weight excluding hydrogens is 328 g/mol. The summed E-state index contributed by atoms with van der Waals surface area (Å²) in [5.74, 6) is -1.23.